The standard InChI is InChI=1S/C27H25FN2O4S/c1-29-27(31)25-22-15-18-5-3-4-14-30(35(2)32)23(18)16-24(22)34-26(25)17-6-10-20(11-7-17)33-21-12-8-19(28)9-13-21/h6-13,15-16H,3-5,14H2,1-2H3,(H,29,31). The minimum absolute atomic E-state index is 0.241. The predicted octanol–water partition coefficient (Wildman–Crippen LogP) is 5.83. The Morgan fingerprint density at radius 3 is 2.40 bits per heavy atom. The van der Waals surface area contributed by atoms with Gasteiger partial charge in [-0.1, -0.05) is 0 Å². The molecule has 1 aliphatic heterocycles. The van der Waals surface area contributed by atoms with Crippen LogP contribution in [0.2, 0.25) is 0 Å². The van der Waals surface area contributed by atoms with Gasteiger partial charge in [0, 0.05) is 36.9 Å². The maximum absolute atomic E-state index is 13.1. The second-order valence-corrected chi connectivity index (χ2v) is 9.71. The molecule has 0 aliphatic carbocycles. The molecule has 1 aliphatic rings. The highest BCUT2D eigenvalue weighted by Crippen LogP contribution is 2.39. The van der Waals surface area contributed by atoms with Crippen LogP contribution in [0.25, 0.3) is 22.3 Å². The van der Waals surface area contributed by atoms with Gasteiger partial charge < -0.3 is 14.5 Å². The summed E-state index contributed by atoms with van der Waals surface area (Å²) in [6, 6.07) is 16.9. The lowest BCUT2D eigenvalue weighted by Gasteiger charge is -2.21. The topological polar surface area (TPSA) is 71.8 Å². The third kappa shape index (κ3) is 4.53. The second-order valence-electron chi connectivity index (χ2n) is 8.43. The van der Waals surface area contributed by atoms with Crippen molar-refractivity contribution >= 4 is 33.5 Å². The fourth-order valence-electron chi connectivity index (χ4n) is 4.43. The van der Waals surface area contributed by atoms with Gasteiger partial charge in [0.15, 0.2) is 0 Å². The molecule has 180 valence electrons. The number of carbonyl (C=O) groups is 1. The van der Waals surface area contributed by atoms with Crippen LogP contribution in [0.4, 0.5) is 10.1 Å². The average molecular weight is 493 g/mol. The number of ether oxygens (including phenoxy) is 1. The van der Waals surface area contributed by atoms with E-state index < -0.39 is 11.0 Å². The van der Waals surface area contributed by atoms with Crippen molar-refractivity contribution < 1.29 is 22.5 Å². The molecular formula is C27H25FN2O4S. The number of hydrogen-bond acceptors (Lipinski definition) is 4. The number of fused-ring (bicyclic) bond motifs is 2. The molecule has 1 unspecified atom stereocenters. The summed E-state index contributed by atoms with van der Waals surface area (Å²) in [6.45, 7) is 0.715. The van der Waals surface area contributed by atoms with E-state index in [2.05, 4.69) is 5.32 Å². The molecule has 0 saturated heterocycles. The molecule has 5 rings (SSSR count). The number of nitrogens with zero attached hydrogens (tertiary/aromatic N) is 1. The molecule has 1 N–H and O–H groups in total. The third-order valence-corrected chi connectivity index (χ3v) is 7.15. The first-order chi connectivity index (χ1) is 16.9. The van der Waals surface area contributed by atoms with Crippen LogP contribution >= 0.6 is 0 Å². The van der Waals surface area contributed by atoms with Crippen molar-refractivity contribution in [3.8, 4) is 22.8 Å². The number of amides is 1. The molecule has 2 heterocycles. The van der Waals surface area contributed by atoms with Gasteiger partial charge in [-0.25, -0.2) is 8.60 Å². The van der Waals surface area contributed by atoms with Crippen LogP contribution in [0.3, 0.4) is 0 Å². The summed E-state index contributed by atoms with van der Waals surface area (Å²) >= 11 is 0. The molecule has 1 aromatic heterocycles. The quantitative estimate of drug-likeness (QED) is 0.381. The summed E-state index contributed by atoms with van der Waals surface area (Å²) < 4.78 is 39.5. The van der Waals surface area contributed by atoms with Crippen LogP contribution in [-0.2, 0) is 17.4 Å². The fraction of sp³-hybridized carbons (Fsp3) is 0.222. The molecule has 0 fully saturated rings. The minimum atomic E-state index is -1.16. The Balaban J connectivity index is 1.57. The van der Waals surface area contributed by atoms with Gasteiger partial charge in [-0.15, -0.1) is 0 Å². The molecular weight excluding hydrogens is 467 g/mol. The van der Waals surface area contributed by atoms with Crippen LogP contribution in [0.5, 0.6) is 11.5 Å². The van der Waals surface area contributed by atoms with E-state index >= 15 is 0 Å². The zero-order chi connectivity index (χ0) is 24.5. The summed E-state index contributed by atoms with van der Waals surface area (Å²) in [7, 11) is 0.438. The normalized spacial score (nSPS) is 14.3. The first-order valence-electron chi connectivity index (χ1n) is 11.4. The van der Waals surface area contributed by atoms with Crippen molar-refractivity contribution in [3.63, 3.8) is 0 Å². The van der Waals surface area contributed by atoms with Gasteiger partial charge >= 0.3 is 0 Å². The highest BCUT2D eigenvalue weighted by Gasteiger charge is 2.26. The molecule has 3 aromatic carbocycles. The first kappa shape index (κ1) is 23.1. The number of aryl methyl sites for hydroxylation is 1. The molecule has 8 heteroatoms. The van der Waals surface area contributed by atoms with Gasteiger partial charge in [0.25, 0.3) is 5.91 Å². The number of furan rings is 1. The van der Waals surface area contributed by atoms with Gasteiger partial charge in [0.2, 0.25) is 0 Å². The third-order valence-electron chi connectivity index (χ3n) is 6.15. The summed E-state index contributed by atoms with van der Waals surface area (Å²) in [5.74, 6) is 0.982. The van der Waals surface area contributed by atoms with E-state index in [1.807, 2.05) is 28.6 Å². The van der Waals surface area contributed by atoms with E-state index in [9.17, 15) is 13.4 Å². The van der Waals surface area contributed by atoms with Gasteiger partial charge in [0.05, 0.1) is 11.3 Å². The zero-order valence-corrected chi connectivity index (χ0v) is 20.3. The number of hydrogen-bond donors (Lipinski definition) is 1. The maximum Gasteiger partial charge on any atom is 0.255 e. The summed E-state index contributed by atoms with van der Waals surface area (Å²) in [6.07, 6.45) is 4.47. The summed E-state index contributed by atoms with van der Waals surface area (Å²) in [4.78, 5) is 12.9. The lowest BCUT2D eigenvalue weighted by molar-refractivity contribution is 0.0964. The van der Waals surface area contributed by atoms with Crippen molar-refractivity contribution in [2.75, 3.05) is 24.2 Å². The Morgan fingerprint density at radius 2 is 1.74 bits per heavy atom. The van der Waals surface area contributed by atoms with E-state index in [0.29, 0.717) is 35.0 Å². The molecule has 4 aromatic rings. The SMILES string of the molecule is CNC(=O)c1c(-c2ccc(Oc3ccc(F)cc3)cc2)oc2cc3c(cc12)CCCCN3S(C)=O. The number of nitrogens with one attached hydrogen (secondary N) is 1. The summed E-state index contributed by atoms with van der Waals surface area (Å²) in [5.41, 5.74) is 3.71. The smallest absolute Gasteiger partial charge is 0.255 e. The van der Waals surface area contributed by atoms with E-state index in [-0.39, 0.29) is 11.7 Å². The van der Waals surface area contributed by atoms with Crippen LogP contribution in [0.1, 0.15) is 28.8 Å². The Hall–Kier alpha value is -3.65. The van der Waals surface area contributed by atoms with E-state index in [1.165, 1.54) is 12.1 Å². The van der Waals surface area contributed by atoms with Gasteiger partial charge in [-0.2, -0.15) is 0 Å². The first-order valence-corrected chi connectivity index (χ1v) is 12.9. The molecule has 0 bridgehead atoms. The number of rotatable bonds is 5. The van der Waals surface area contributed by atoms with Crippen molar-refractivity contribution in [1.82, 2.24) is 5.32 Å². The van der Waals surface area contributed by atoms with E-state index in [1.54, 1.807) is 37.6 Å². The molecule has 0 radical (unpaired) electrons. The van der Waals surface area contributed by atoms with Gasteiger partial charge in [-0.05, 0) is 79.4 Å². The molecule has 1 atom stereocenters. The number of halogens is 1. The maximum atomic E-state index is 13.1. The number of carbonyl (C=O) groups excluding carboxylic acids is 1. The van der Waals surface area contributed by atoms with Crippen molar-refractivity contribution in [2.45, 2.75) is 19.3 Å². The zero-order valence-electron chi connectivity index (χ0n) is 19.5. The minimum Gasteiger partial charge on any atom is -0.457 e. The molecule has 1 amide bonds. The predicted molar refractivity (Wildman–Crippen MR) is 136 cm³/mol. The highest BCUT2D eigenvalue weighted by molar-refractivity contribution is 7.85. The van der Waals surface area contributed by atoms with Crippen LogP contribution < -0.4 is 14.4 Å². The summed E-state index contributed by atoms with van der Waals surface area (Å²) in [5, 5.41) is 3.45. The Morgan fingerprint density at radius 1 is 1.06 bits per heavy atom. The van der Waals surface area contributed by atoms with Crippen LogP contribution in [0.15, 0.2) is 65.1 Å². The lowest BCUT2D eigenvalue weighted by atomic mass is 10.0. The number of anilines is 1. The molecule has 6 nitrogen and oxygen atoms in total. The van der Waals surface area contributed by atoms with Crippen LogP contribution in [-0.4, -0.2) is 30.0 Å². The largest absolute Gasteiger partial charge is 0.457 e. The number of benzene rings is 3. The Bertz CT molecular complexity index is 1410. The Labute approximate surface area is 205 Å². The molecule has 0 saturated carbocycles. The highest BCUT2D eigenvalue weighted by atomic mass is 32.2. The van der Waals surface area contributed by atoms with Gasteiger partial charge in [0.1, 0.15) is 39.6 Å². The Kier molecular flexibility index (Phi) is 6.30. The van der Waals surface area contributed by atoms with Crippen molar-refractivity contribution in [3.05, 3.63) is 77.6 Å². The monoisotopic (exact) mass is 492 g/mol. The fourth-order valence-corrected chi connectivity index (χ4v) is 5.27. The van der Waals surface area contributed by atoms with Crippen molar-refractivity contribution in [2.24, 2.45) is 0 Å². The average Bonchev–Trinajstić information content (AvgIpc) is 3.09. The van der Waals surface area contributed by atoms with E-state index in [0.717, 1.165) is 41.5 Å². The van der Waals surface area contributed by atoms with Gasteiger partial charge in [-0.3, -0.25) is 9.10 Å². The molecule has 0 spiro atoms. The van der Waals surface area contributed by atoms with Crippen molar-refractivity contribution in [1.29, 1.82) is 0 Å². The van der Waals surface area contributed by atoms with Crippen LogP contribution in [0, 0.1) is 5.82 Å². The molecule has 35 heavy (non-hydrogen) atoms. The lowest BCUT2D eigenvalue weighted by Crippen LogP contribution is -2.25. The second kappa shape index (κ2) is 9.54. The van der Waals surface area contributed by atoms with E-state index in [4.69, 9.17) is 9.15 Å².